The summed E-state index contributed by atoms with van der Waals surface area (Å²) in [6.45, 7) is 6.29. The third-order valence-corrected chi connectivity index (χ3v) is 3.42. The average molecular weight is 184 g/mol. The van der Waals surface area contributed by atoms with E-state index in [1.807, 2.05) is 5.01 Å². The van der Waals surface area contributed by atoms with Crippen molar-refractivity contribution in [1.82, 2.24) is 5.01 Å². The summed E-state index contributed by atoms with van der Waals surface area (Å²) < 4.78 is 5.41. The van der Waals surface area contributed by atoms with Gasteiger partial charge in [-0.2, -0.15) is 0 Å². The molecule has 0 saturated carbocycles. The first-order valence-corrected chi connectivity index (χ1v) is 5.28. The average Bonchev–Trinajstić information content (AvgIpc) is 2.02. The van der Waals surface area contributed by atoms with Crippen molar-refractivity contribution in [2.24, 2.45) is 17.2 Å². The van der Waals surface area contributed by atoms with Crippen LogP contribution < -0.4 is 5.84 Å². The molecule has 13 heavy (non-hydrogen) atoms. The molecule has 0 aromatic heterocycles. The Labute approximate surface area is 80.2 Å². The molecule has 2 N–H and O–H groups in total. The molecule has 2 fully saturated rings. The molecule has 0 bridgehead atoms. The minimum Gasteiger partial charge on any atom is -0.381 e. The highest BCUT2D eigenvalue weighted by Crippen LogP contribution is 2.40. The molecule has 3 nitrogen and oxygen atoms in total. The predicted molar refractivity (Wildman–Crippen MR) is 52.0 cm³/mol. The van der Waals surface area contributed by atoms with Gasteiger partial charge in [-0.25, -0.2) is 5.01 Å². The topological polar surface area (TPSA) is 38.5 Å². The van der Waals surface area contributed by atoms with Crippen molar-refractivity contribution in [2.45, 2.75) is 26.2 Å². The van der Waals surface area contributed by atoms with E-state index >= 15 is 0 Å². The van der Waals surface area contributed by atoms with Crippen LogP contribution in [0.4, 0.5) is 0 Å². The fourth-order valence-corrected chi connectivity index (χ4v) is 2.93. The van der Waals surface area contributed by atoms with Crippen molar-refractivity contribution in [3.63, 3.8) is 0 Å². The lowest BCUT2D eigenvalue weighted by atomic mass is 9.71. The lowest BCUT2D eigenvalue weighted by molar-refractivity contribution is -0.0419. The van der Waals surface area contributed by atoms with Crippen molar-refractivity contribution < 1.29 is 4.74 Å². The fourth-order valence-electron chi connectivity index (χ4n) is 2.93. The van der Waals surface area contributed by atoms with E-state index < -0.39 is 0 Å². The van der Waals surface area contributed by atoms with Crippen LogP contribution >= 0.6 is 0 Å². The van der Waals surface area contributed by atoms with Crippen LogP contribution in [0.25, 0.3) is 0 Å². The Morgan fingerprint density at radius 3 is 2.69 bits per heavy atom. The van der Waals surface area contributed by atoms with Gasteiger partial charge in [-0.1, -0.05) is 6.92 Å². The lowest BCUT2D eigenvalue weighted by Crippen LogP contribution is -2.51. The molecule has 2 aliphatic heterocycles. The van der Waals surface area contributed by atoms with Gasteiger partial charge in [0.15, 0.2) is 0 Å². The summed E-state index contributed by atoms with van der Waals surface area (Å²) in [5.41, 5.74) is 0.477. The number of hydrogen-bond acceptors (Lipinski definition) is 3. The highest BCUT2D eigenvalue weighted by atomic mass is 16.5. The van der Waals surface area contributed by atoms with Gasteiger partial charge in [0.25, 0.3) is 0 Å². The second-order valence-corrected chi connectivity index (χ2v) is 4.85. The Kier molecular flexibility index (Phi) is 2.58. The number of hydrazine groups is 1. The third kappa shape index (κ3) is 2.03. The van der Waals surface area contributed by atoms with Gasteiger partial charge in [0.1, 0.15) is 0 Å². The van der Waals surface area contributed by atoms with E-state index in [2.05, 4.69) is 6.92 Å². The van der Waals surface area contributed by atoms with E-state index in [0.717, 1.165) is 32.2 Å². The SMILES string of the molecule is CC1CN(N)CC2(CCOCC2)C1. The van der Waals surface area contributed by atoms with Crippen LogP contribution in [0, 0.1) is 11.3 Å². The summed E-state index contributed by atoms with van der Waals surface area (Å²) in [5, 5.41) is 2.00. The van der Waals surface area contributed by atoms with Crippen molar-refractivity contribution in [2.75, 3.05) is 26.3 Å². The van der Waals surface area contributed by atoms with E-state index in [-0.39, 0.29) is 0 Å². The highest BCUT2D eigenvalue weighted by molar-refractivity contribution is 4.89. The van der Waals surface area contributed by atoms with E-state index in [4.69, 9.17) is 10.6 Å². The van der Waals surface area contributed by atoms with Gasteiger partial charge in [-0.3, -0.25) is 5.84 Å². The molecule has 0 aliphatic carbocycles. The Hall–Kier alpha value is -0.120. The molecule has 3 heteroatoms. The monoisotopic (exact) mass is 184 g/mol. The largest absolute Gasteiger partial charge is 0.381 e. The van der Waals surface area contributed by atoms with Gasteiger partial charge < -0.3 is 4.74 Å². The van der Waals surface area contributed by atoms with E-state index in [1.54, 1.807) is 0 Å². The Bertz CT molecular complexity index is 166. The Morgan fingerprint density at radius 1 is 1.38 bits per heavy atom. The molecule has 2 heterocycles. The molecular formula is C10H20N2O. The van der Waals surface area contributed by atoms with Crippen molar-refractivity contribution >= 4 is 0 Å². The van der Waals surface area contributed by atoms with Crippen LogP contribution in [-0.4, -0.2) is 31.3 Å². The molecule has 1 spiro atoms. The highest BCUT2D eigenvalue weighted by Gasteiger charge is 2.38. The second-order valence-electron chi connectivity index (χ2n) is 4.85. The van der Waals surface area contributed by atoms with Crippen LogP contribution in [0.2, 0.25) is 0 Å². The fraction of sp³-hybridized carbons (Fsp3) is 1.00. The van der Waals surface area contributed by atoms with Crippen molar-refractivity contribution in [1.29, 1.82) is 0 Å². The van der Waals surface area contributed by atoms with Gasteiger partial charge in [0, 0.05) is 26.3 Å². The van der Waals surface area contributed by atoms with Gasteiger partial charge in [-0.05, 0) is 30.6 Å². The third-order valence-electron chi connectivity index (χ3n) is 3.42. The quantitative estimate of drug-likeness (QED) is 0.571. The zero-order valence-corrected chi connectivity index (χ0v) is 8.46. The number of nitrogens with zero attached hydrogens (tertiary/aromatic N) is 1. The molecule has 0 amide bonds. The number of hydrogen-bond donors (Lipinski definition) is 1. The molecule has 0 radical (unpaired) electrons. The summed E-state index contributed by atoms with van der Waals surface area (Å²) in [6, 6.07) is 0. The Morgan fingerprint density at radius 2 is 2.08 bits per heavy atom. The first-order valence-electron chi connectivity index (χ1n) is 5.28. The summed E-state index contributed by atoms with van der Waals surface area (Å²) in [4.78, 5) is 0. The number of rotatable bonds is 0. The minimum atomic E-state index is 0.477. The number of piperidine rings is 1. The molecule has 1 atom stereocenters. The maximum atomic E-state index is 5.92. The summed E-state index contributed by atoms with van der Waals surface area (Å²) in [7, 11) is 0. The first-order chi connectivity index (χ1) is 6.20. The molecule has 2 saturated heterocycles. The van der Waals surface area contributed by atoms with E-state index in [0.29, 0.717) is 5.41 Å². The van der Waals surface area contributed by atoms with Crippen LogP contribution in [0.1, 0.15) is 26.2 Å². The first kappa shape index (κ1) is 9.44. The smallest absolute Gasteiger partial charge is 0.0471 e. The lowest BCUT2D eigenvalue weighted by Gasteiger charge is -2.46. The molecule has 0 aromatic rings. The second kappa shape index (κ2) is 3.56. The molecule has 1 unspecified atom stereocenters. The van der Waals surface area contributed by atoms with Gasteiger partial charge >= 0.3 is 0 Å². The maximum Gasteiger partial charge on any atom is 0.0471 e. The number of nitrogens with two attached hydrogens (primary N) is 1. The summed E-state index contributed by atoms with van der Waals surface area (Å²) >= 11 is 0. The molecule has 2 aliphatic rings. The predicted octanol–water partition coefficient (Wildman–Crippen LogP) is 0.999. The Balaban J connectivity index is 2.02. The van der Waals surface area contributed by atoms with Gasteiger partial charge in [-0.15, -0.1) is 0 Å². The van der Waals surface area contributed by atoms with Crippen LogP contribution in [0.15, 0.2) is 0 Å². The normalized spacial score (nSPS) is 35.1. The molecule has 76 valence electrons. The zero-order valence-electron chi connectivity index (χ0n) is 8.46. The van der Waals surface area contributed by atoms with E-state index in [9.17, 15) is 0 Å². The molecule has 0 aromatic carbocycles. The molecule has 2 rings (SSSR count). The van der Waals surface area contributed by atoms with Crippen LogP contribution in [-0.2, 0) is 4.74 Å². The van der Waals surface area contributed by atoms with Crippen LogP contribution in [0.5, 0.6) is 0 Å². The van der Waals surface area contributed by atoms with Gasteiger partial charge in [0.05, 0.1) is 0 Å². The molecular weight excluding hydrogens is 164 g/mol. The van der Waals surface area contributed by atoms with Gasteiger partial charge in [0.2, 0.25) is 0 Å². The van der Waals surface area contributed by atoms with Crippen molar-refractivity contribution in [3.05, 3.63) is 0 Å². The van der Waals surface area contributed by atoms with Crippen LogP contribution in [0.3, 0.4) is 0 Å². The minimum absolute atomic E-state index is 0.477. The standard InChI is InChI=1S/C10H20N2O/c1-9-6-10(8-12(11)7-9)2-4-13-5-3-10/h9H,2-8,11H2,1H3. The maximum absolute atomic E-state index is 5.92. The van der Waals surface area contributed by atoms with Crippen molar-refractivity contribution in [3.8, 4) is 0 Å². The number of ether oxygens (including phenoxy) is 1. The summed E-state index contributed by atoms with van der Waals surface area (Å²) in [5.74, 6) is 6.67. The van der Waals surface area contributed by atoms with E-state index in [1.165, 1.54) is 19.3 Å². The zero-order chi connectivity index (χ0) is 9.31. The summed E-state index contributed by atoms with van der Waals surface area (Å²) in [6.07, 6.45) is 3.74.